The van der Waals surface area contributed by atoms with Crippen LogP contribution in [0.1, 0.15) is 40.0 Å². The van der Waals surface area contributed by atoms with Crippen molar-refractivity contribution in [2.75, 3.05) is 11.4 Å². The number of nitrogens with zero attached hydrogens (tertiary/aromatic N) is 2. The first-order chi connectivity index (χ1) is 8.99. The van der Waals surface area contributed by atoms with Crippen molar-refractivity contribution in [2.45, 2.75) is 46.1 Å². The van der Waals surface area contributed by atoms with Gasteiger partial charge in [-0.2, -0.15) is 4.39 Å². The highest BCUT2D eigenvalue weighted by Crippen LogP contribution is 2.32. The monoisotopic (exact) mass is 268 g/mol. The van der Waals surface area contributed by atoms with E-state index in [0.29, 0.717) is 12.2 Å². The fourth-order valence-corrected chi connectivity index (χ4v) is 2.11. The third kappa shape index (κ3) is 3.91. The zero-order valence-electron chi connectivity index (χ0n) is 11.7. The number of para-hydroxylation sites is 1. The van der Waals surface area contributed by atoms with Gasteiger partial charge in [0.05, 0.1) is 4.92 Å². The number of nitro groups is 1. The lowest BCUT2D eigenvalue weighted by molar-refractivity contribution is -0.386. The van der Waals surface area contributed by atoms with Crippen molar-refractivity contribution >= 4 is 11.4 Å². The molecule has 0 fully saturated rings. The van der Waals surface area contributed by atoms with Crippen molar-refractivity contribution in [1.82, 2.24) is 0 Å². The van der Waals surface area contributed by atoms with Gasteiger partial charge in [0.25, 0.3) is 0 Å². The molecular weight excluding hydrogens is 247 g/mol. The van der Waals surface area contributed by atoms with E-state index in [0.717, 1.165) is 25.3 Å². The summed E-state index contributed by atoms with van der Waals surface area (Å²) in [5.74, 6) is -0.774. The molecule has 4 nitrogen and oxygen atoms in total. The van der Waals surface area contributed by atoms with Gasteiger partial charge in [0.2, 0.25) is 5.82 Å². The van der Waals surface area contributed by atoms with E-state index < -0.39 is 16.4 Å². The van der Waals surface area contributed by atoms with Crippen molar-refractivity contribution in [3.63, 3.8) is 0 Å². The van der Waals surface area contributed by atoms with Crippen LogP contribution in [0.2, 0.25) is 0 Å². The van der Waals surface area contributed by atoms with Crippen LogP contribution in [0.3, 0.4) is 0 Å². The Morgan fingerprint density at radius 3 is 2.58 bits per heavy atom. The average Bonchev–Trinajstić information content (AvgIpc) is 2.33. The molecule has 0 atom stereocenters. The van der Waals surface area contributed by atoms with Crippen LogP contribution < -0.4 is 4.90 Å². The molecule has 1 aromatic carbocycles. The number of halogens is 1. The van der Waals surface area contributed by atoms with Gasteiger partial charge in [-0.05, 0) is 32.4 Å². The Balaban J connectivity index is 3.08. The van der Waals surface area contributed by atoms with Gasteiger partial charge in [0.15, 0.2) is 0 Å². The summed E-state index contributed by atoms with van der Waals surface area (Å²) >= 11 is 0. The molecule has 1 rings (SSSR count). The van der Waals surface area contributed by atoms with E-state index in [2.05, 4.69) is 6.92 Å². The average molecular weight is 268 g/mol. The predicted molar refractivity (Wildman–Crippen MR) is 75.1 cm³/mol. The molecule has 1 aromatic rings. The van der Waals surface area contributed by atoms with Gasteiger partial charge in [0.1, 0.15) is 5.69 Å². The molecule has 5 heteroatoms. The minimum atomic E-state index is -0.774. The zero-order chi connectivity index (χ0) is 14.4. The summed E-state index contributed by atoms with van der Waals surface area (Å²) in [4.78, 5) is 12.3. The first kappa shape index (κ1) is 15.4. The Morgan fingerprint density at radius 2 is 2.05 bits per heavy atom. The SMILES string of the molecule is CCCCCN(c1cccc(F)c1[N+](=O)[O-])C(C)C. The van der Waals surface area contributed by atoms with Gasteiger partial charge in [0, 0.05) is 12.6 Å². The van der Waals surface area contributed by atoms with Crippen molar-refractivity contribution in [3.8, 4) is 0 Å². The van der Waals surface area contributed by atoms with Crippen molar-refractivity contribution in [1.29, 1.82) is 0 Å². The van der Waals surface area contributed by atoms with E-state index in [-0.39, 0.29) is 6.04 Å². The first-order valence-corrected chi connectivity index (χ1v) is 6.68. The highest BCUT2D eigenvalue weighted by Gasteiger charge is 2.25. The Bertz CT molecular complexity index is 435. The normalized spacial score (nSPS) is 10.8. The molecule has 0 aliphatic heterocycles. The maximum Gasteiger partial charge on any atom is 0.327 e. The second-order valence-electron chi connectivity index (χ2n) is 4.86. The highest BCUT2D eigenvalue weighted by atomic mass is 19.1. The third-order valence-corrected chi connectivity index (χ3v) is 3.08. The van der Waals surface area contributed by atoms with Crippen molar-refractivity contribution in [3.05, 3.63) is 34.1 Å². The lowest BCUT2D eigenvalue weighted by atomic mass is 10.1. The standard InChI is InChI=1S/C14H21FN2O2/c1-4-5-6-10-16(11(2)3)13-9-7-8-12(15)14(13)17(18)19/h7-9,11H,4-6,10H2,1-3H3. The summed E-state index contributed by atoms with van der Waals surface area (Å²) in [7, 11) is 0. The summed E-state index contributed by atoms with van der Waals surface area (Å²) in [6, 6.07) is 4.36. The molecule has 19 heavy (non-hydrogen) atoms. The fourth-order valence-electron chi connectivity index (χ4n) is 2.11. The molecule has 0 saturated heterocycles. The molecule has 0 aliphatic carbocycles. The second-order valence-corrected chi connectivity index (χ2v) is 4.86. The molecular formula is C14H21FN2O2. The van der Waals surface area contributed by atoms with Crippen LogP contribution in [0.15, 0.2) is 18.2 Å². The summed E-state index contributed by atoms with van der Waals surface area (Å²) in [5, 5.41) is 11.0. The Morgan fingerprint density at radius 1 is 1.37 bits per heavy atom. The summed E-state index contributed by atoms with van der Waals surface area (Å²) in [6.45, 7) is 6.72. The van der Waals surface area contributed by atoms with Crippen LogP contribution in [0.5, 0.6) is 0 Å². The van der Waals surface area contributed by atoms with Crippen molar-refractivity contribution < 1.29 is 9.31 Å². The topological polar surface area (TPSA) is 46.4 Å². The van der Waals surface area contributed by atoms with Crippen LogP contribution >= 0.6 is 0 Å². The largest absolute Gasteiger partial charge is 0.363 e. The van der Waals surface area contributed by atoms with Gasteiger partial charge < -0.3 is 4.90 Å². The van der Waals surface area contributed by atoms with Gasteiger partial charge in [-0.15, -0.1) is 0 Å². The summed E-state index contributed by atoms with van der Waals surface area (Å²) < 4.78 is 13.6. The van der Waals surface area contributed by atoms with Gasteiger partial charge in [-0.25, -0.2) is 0 Å². The summed E-state index contributed by atoms with van der Waals surface area (Å²) in [6.07, 6.45) is 3.09. The van der Waals surface area contributed by atoms with E-state index in [1.54, 1.807) is 6.07 Å². The Labute approximate surface area is 113 Å². The predicted octanol–water partition coefficient (Wildman–Crippen LogP) is 4.14. The number of hydrogen-bond acceptors (Lipinski definition) is 3. The first-order valence-electron chi connectivity index (χ1n) is 6.68. The number of hydrogen-bond donors (Lipinski definition) is 0. The molecule has 106 valence electrons. The molecule has 0 heterocycles. The van der Waals surface area contributed by atoms with E-state index in [1.807, 2.05) is 18.7 Å². The molecule has 0 aliphatic rings. The molecule has 0 radical (unpaired) electrons. The number of benzene rings is 1. The van der Waals surface area contributed by atoms with Gasteiger partial charge in [-0.3, -0.25) is 10.1 Å². The Hall–Kier alpha value is -1.65. The quantitative estimate of drug-likeness (QED) is 0.424. The van der Waals surface area contributed by atoms with E-state index in [4.69, 9.17) is 0 Å². The molecule has 0 amide bonds. The van der Waals surface area contributed by atoms with E-state index in [9.17, 15) is 14.5 Å². The van der Waals surface area contributed by atoms with Gasteiger partial charge in [-0.1, -0.05) is 25.8 Å². The molecule has 0 aromatic heterocycles. The molecule has 0 bridgehead atoms. The highest BCUT2D eigenvalue weighted by molar-refractivity contribution is 5.64. The fraction of sp³-hybridized carbons (Fsp3) is 0.571. The van der Waals surface area contributed by atoms with Crippen LogP contribution in [0.25, 0.3) is 0 Å². The van der Waals surface area contributed by atoms with Crippen LogP contribution in [-0.4, -0.2) is 17.5 Å². The second kappa shape index (κ2) is 7.07. The number of nitro benzene ring substituents is 1. The van der Waals surface area contributed by atoms with E-state index in [1.165, 1.54) is 6.07 Å². The lowest BCUT2D eigenvalue weighted by Gasteiger charge is -2.28. The molecule has 0 N–H and O–H groups in total. The number of rotatable bonds is 7. The molecule has 0 saturated carbocycles. The van der Waals surface area contributed by atoms with Crippen molar-refractivity contribution in [2.24, 2.45) is 0 Å². The van der Waals surface area contributed by atoms with Crippen LogP contribution in [-0.2, 0) is 0 Å². The van der Waals surface area contributed by atoms with E-state index >= 15 is 0 Å². The molecule has 0 unspecified atom stereocenters. The lowest BCUT2D eigenvalue weighted by Crippen LogP contribution is -2.32. The van der Waals surface area contributed by atoms with Crippen LogP contribution in [0, 0.1) is 15.9 Å². The summed E-state index contributed by atoms with van der Waals surface area (Å²) in [5.41, 5.74) is -0.0520. The maximum absolute atomic E-state index is 13.6. The van der Waals surface area contributed by atoms with Crippen LogP contribution in [0.4, 0.5) is 15.8 Å². The van der Waals surface area contributed by atoms with Gasteiger partial charge >= 0.3 is 5.69 Å². The minimum absolute atomic E-state index is 0.0948. The Kier molecular flexibility index (Phi) is 5.73. The maximum atomic E-state index is 13.6. The number of anilines is 1. The zero-order valence-corrected chi connectivity index (χ0v) is 11.7. The molecule has 0 spiro atoms. The minimum Gasteiger partial charge on any atom is -0.363 e. The number of unbranched alkanes of at least 4 members (excludes halogenated alkanes) is 2. The third-order valence-electron chi connectivity index (χ3n) is 3.08. The smallest absolute Gasteiger partial charge is 0.327 e.